The van der Waals surface area contributed by atoms with Gasteiger partial charge in [0.2, 0.25) is 0 Å². The summed E-state index contributed by atoms with van der Waals surface area (Å²) in [4.78, 5) is 0. The highest BCUT2D eigenvalue weighted by Crippen LogP contribution is 2.24. The second kappa shape index (κ2) is 4.23. The largest absolute Gasteiger partial charge is 0.389 e. The fourth-order valence-electron chi connectivity index (χ4n) is 2.04. The number of rotatable bonds is 2. The van der Waals surface area contributed by atoms with Crippen LogP contribution in [0.3, 0.4) is 0 Å². The molecule has 84 valence electrons. The number of aromatic nitrogens is 2. The monoisotopic (exact) mass is 273 g/mol. The topological polar surface area (TPSA) is 50.1 Å². The first-order chi connectivity index (χ1) is 7.09. The van der Waals surface area contributed by atoms with E-state index in [0.717, 1.165) is 36.2 Å². The van der Waals surface area contributed by atoms with Gasteiger partial charge >= 0.3 is 0 Å². The van der Waals surface area contributed by atoms with Crippen molar-refractivity contribution in [3.8, 4) is 0 Å². The molecular formula is C10H16BrN3O. The number of nitrogens with zero attached hydrogens (tertiary/aromatic N) is 2. The Kier molecular flexibility index (Phi) is 3.13. The molecule has 0 aromatic carbocycles. The van der Waals surface area contributed by atoms with Crippen molar-refractivity contribution >= 4 is 15.9 Å². The minimum Gasteiger partial charge on any atom is -0.389 e. The quantitative estimate of drug-likeness (QED) is 0.840. The fourth-order valence-corrected chi connectivity index (χ4v) is 2.54. The zero-order chi connectivity index (χ0) is 10.9. The summed E-state index contributed by atoms with van der Waals surface area (Å²) in [7, 11) is 1.91. The second-order valence-electron chi connectivity index (χ2n) is 4.23. The van der Waals surface area contributed by atoms with E-state index in [4.69, 9.17) is 0 Å². The Bertz CT molecular complexity index is 344. The van der Waals surface area contributed by atoms with Gasteiger partial charge in [-0.3, -0.25) is 4.68 Å². The summed E-state index contributed by atoms with van der Waals surface area (Å²) in [6.45, 7) is 1.80. The molecule has 0 aliphatic carbocycles. The molecule has 0 unspecified atom stereocenters. The van der Waals surface area contributed by atoms with Crippen molar-refractivity contribution in [1.82, 2.24) is 15.1 Å². The highest BCUT2D eigenvalue weighted by molar-refractivity contribution is 9.10. The van der Waals surface area contributed by atoms with Crippen molar-refractivity contribution in [2.75, 3.05) is 13.1 Å². The van der Waals surface area contributed by atoms with Crippen LogP contribution >= 0.6 is 15.9 Å². The van der Waals surface area contributed by atoms with E-state index in [9.17, 15) is 5.11 Å². The molecule has 5 heteroatoms. The average molecular weight is 274 g/mol. The molecule has 1 aromatic rings. The molecule has 15 heavy (non-hydrogen) atoms. The van der Waals surface area contributed by atoms with E-state index in [2.05, 4.69) is 26.3 Å². The molecule has 0 amide bonds. The summed E-state index contributed by atoms with van der Waals surface area (Å²) in [6.07, 6.45) is 2.31. The number of piperidine rings is 1. The molecule has 2 N–H and O–H groups in total. The van der Waals surface area contributed by atoms with Crippen LogP contribution in [0.1, 0.15) is 18.5 Å². The van der Waals surface area contributed by atoms with Gasteiger partial charge in [-0.2, -0.15) is 5.10 Å². The normalized spacial score (nSPS) is 20.5. The van der Waals surface area contributed by atoms with Crippen LogP contribution < -0.4 is 5.32 Å². The number of hydrogen-bond acceptors (Lipinski definition) is 3. The van der Waals surface area contributed by atoms with Crippen molar-refractivity contribution in [3.05, 3.63) is 16.4 Å². The van der Waals surface area contributed by atoms with Crippen LogP contribution in [0.4, 0.5) is 0 Å². The third kappa shape index (κ3) is 2.59. The first kappa shape index (κ1) is 11.1. The zero-order valence-corrected chi connectivity index (χ0v) is 10.4. The average Bonchev–Trinajstić information content (AvgIpc) is 2.45. The number of halogens is 1. The molecule has 0 radical (unpaired) electrons. The smallest absolute Gasteiger partial charge is 0.128 e. The lowest BCUT2D eigenvalue weighted by molar-refractivity contribution is 0.00926. The van der Waals surface area contributed by atoms with Gasteiger partial charge in [0.05, 0.1) is 5.60 Å². The van der Waals surface area contributed by atoms with Crippen LogP contribution in [0.15, 0.2) is 10.7 Å². The Morgan fingerprint density at radius 2 is 2.27 bits per heavy atom. The minimum atomic E-state index is -0.557. The molecule has 0 bridgehead atoms. The van der Waals surface area contributed by atoms with Gasteiger partial charge in [0, 0.05) is 19.2 Å². The lowest BCUT2D eigenvalue weighted by Gasteiger charge is -2.32. The maximum atomic E-state index is 10.4. The summed E-state index contributed by atoms with van der Waals surface area (Å²) < 4.78 is 2.65. The Labute approximate surface area is 97.8 Å². The summed E-state index contributed by atoms with van der Waals surface area (Å²) in [5.41, 5.74) is 0.518. The summed E-state index contributed by atoms with van der Waals surface area (Å²) >= 11 is 3.34. The Balaban J connectivity index is 2.09. The van der Waals surface area contributed by atoms with E-state index in [1.54, 1.807) is 0 Å². The fraction of sp³-hybridized carbons (Fsp3) is 0.700. The molecule has 1 fully saturated rings. The van der Waals surface area contributed by atoms with Crippen LogP contribution in [-0.4, -0.2) is 33.6 Å². The van der Waals surface area contributed by atoms with Crippen molar-refractivity contribution in [1.29, 1.82) is 0 Å². The predicted octanol–water partition coefficient (Wildman–Crippen LogP) is 0.840. The first-order valence-corrected chi connectivity index (χ1v) is 6.00. The van der Waals surface area contributed by atoms with Crippen LogP contribution in [0.2, 0.25) is 0 Å². The molecule has 1 aromatic heterocycles. The molecule has 0 saturated carbocycles. The van der Waals surface area contributed by atoms with Gasteiger partial charge in [0.1, 0.15) is 4.60 Å². The lowest BCUT2D eigenvalue weighted by Crippen LogP contribution is -2.43. The summed E-state index contributed by atoms with van der Waals surface area (Å²) in [5, 5.41) is 17.8. The predicted molar refractivity (Wildman–Crippen MR) is 61.7 cm³/mol. The summed E-state index contributed by atoms with van der Waals surface area (Å²) in [5.74, 6) is 0. The first-order valence-electron chi connectivity index (χ1n) is 5.21. The molecule has 0 atom stereocenters. The Hall–Kier alpha value is -0.390. The van der Waals surface area contributed by atoms with Crippen LogP contribution in [0.25, 0.3) is 0 Å². The molecule has 1 aliphatic heterocycles. The van der Waals surface area contributed by atoms with Crippen LogP contribution in [0, 0.1) is 0 Å². The molecular weight excluding hydrogens is 258 g/mol. The van der Waals surface area contributed by atoms with Crippen molar-refractivity contribution < 1.29 is 5.11 Å². The SMILES string of the molecule is Cn1nc(Br)cc1CC1(O)CCNCC1. The third-order valence-corrected chi connectivity index (χ3v) is 3.38. The number of aryl methyl sites for hydroxylation is 1. The Morgan fingerprint density at radius 1 is 1.60 bits per heavy atom. The van der Waals surface area contributed by atoms with E-state index in [-0.39, 0.29) is 0 Å². The highest BCUT2D eigenvalue weighted by Gasteiger charge is 2.30. The number of nitrogens with one attached hydrogen (secondary N) is 1. The molecule has 4 nitrogen and oxygen atoms in total. The maximum Gasteiger partial charge on any atom is 0.128 e. The van der Waals surface area contributed by atoms with Crippen molar-refractivity contribution in [3.63, 3.8) is 0 Å². The maximum absolute atomic E-state index is 10.4. The second-order valence-corrected chi connectivity index (χ2v) is 5.05. The van der Waals surface area contributed by atoms with Crippen molar-refractivity contribution in [2.45, 2.75) is 24.9 Å². The van der Waals surface area contributed by atoms with Gasteiger partial charge < -0.3 is 10.4 Å². The van der Waals surface area contributed by atoms with Crippen LogP contribution in [-0.2, 0) is 13.5 Å². The number of aliphatic hydroxyl groups is 1. The highest BCUT2D eigenvalue weighted by atomic mass is 79.9. The minimum absolute atomic E-state index is 0.557. The molecule has 1 aliphatic rings. The molecule has 2 heterocycles. The van der Waals surface area contributed by atoms with Crippen molar-refractivity contribution in [2.24, 2.45) is 7.05 Å². The third-order valence-electron chi connectivity index (χ3n) is 2.99. The molecule has 1 saturated heterocycles. The van der Waals surface area contributed by atoms with E-state index in [0.29, 0.717) is 6.42 Å². The van der Waals surface area contributed by atoms with E-state index in [1.165, 1.54) is 0 Å². The van der Waals surface area contributed by atoms with Gasteiger partial charge in [0.25, 0.3) is 0 Å². The Morgan fingerprint density at radius 3 is 2.80 bits per heavy atom. The van der Waals surface area contributed by atoms with E-state index in [1.807, 2.05) is 17.8 Å². The van der Waals surface area contributed by atoms with Gasteiger partial charge in [0.15, 0.2) is 0 Å². The van der Waals surface area contributed by atoms with Gasteiger partial charge in [-0.1, -0.05) is 0 Å². The van der Waals surface area contributed by atoms with Crippen LogP contribution in [0.5, 0.6) is 0 Å². The standard InChI is InChI=1S/C10H16BrN3O/c1-14-8(6-9(11)13-14)7-10(15)2-4-12-5-3-10/h6,12,15H,2-5,7H2,1H3. The molecule has 0 spiro atoms. The van der Waals surface area contributed by atoms with Gasteiger partial charge in [-0.15, -0.1) is 0 Å². The molecule has 2 rings (SSSR count). The van der Waals surface area contributed by atoms with E-state index >= 15 is 0 Å². The summed E-state index contributed by atoms with van der Waals surface area (Å²) in [6, 6.07) is 1.97. The lowest BCUT2D eigenvalue weighted by atomic mass is 9.88. The van der Waals surface area contributed by atoms with E-state index < -0.39 is 5.60 Å². The van der Waals surface area contributed by atoms with Gasteiger partial charge in [-0.25, -0.2) is 0 Å². The van der Waals surface area contributed by atoms with Gasteiger partial charge in [-0.05, 0) is 47.9 Å². The number of hydrogen-bond donors (Lipinski definition) is 2. The zero-order valence-electron chi connectivity index (χ0n) is 8.83.